The molecule has 30 heavy (non-hydrogen) atoms. The van der Waals surface area contributed by atoms with E-state index in [-0.39, 0.29) is 12.8 Å². The Labute approximate surface area is 175 Å². The van der Waals surface area contributed by atoms with Crippen LogP contribution in [0.3, 0.4) is 0 Å². The van der Waals surface area contributed by atoms with Gasteiger partial charge in [-0.1, -0.05) is 30.3 Å². The third-order valence-electron chi connectivity index (χ3n) is 5.09. The Balaban J connectivity index is 1.74. The molecule has 156 valence electrons. The molecular formula is C23H25N3O4. The molecule has 1 aromatic heterocycles. The van der Waals surface area contributed by atoms with Gasteiger partial charge in [-0.05, 0) is 31.9 Å². The number of anilines is 1. The van der Waals surface area contributed by atoms with Crippen LogP contribution in [0, 0.1) is 0 Å². The summed E-state index contributed by atoms with van der Waals surface area (Å²) in [6.07, 6.45) is 2.87. The molecule has 0 spiro atoms. The Morgan fingerprint density at radius 2 is 2.07 bits per heavy atom. The van der Waals surface area contributed by atoms with Crippen molar-refractivity contribution in [3.63, 3.8) is 0 Å². The molecule has 1 atom stereocenters. The zero-order valence-corrected chi connectivity index (χ0v) is 17.0. The van der Waals surface area contributed by atoms with Gasteiger partial charge in [-0.25, -0.2) is 0 Å². The summed E-state index contributed by atoms with van der Waals surface area (Å²) in [7, 11) is 0. The first-order chi connectivity index (χ1) is 14.8. The lowest BCUT2D eigenvalue weighted by molar-refractivity contribution is 0.0227. The van der Waals surface area contributed by atoms with Gasteiger partial charge in [0, 0.05) is 35.1 Å². The molecule has 1 N–H and O–H groups in total. The molecule has 0 bridgehead atoms. The van der Waals surface area contributed by atoms with E-state index in [1.54, 1.807) is 12.1 Å². The molecule has 2 aromatic carbocycles. The van der Waals surface area contributed by atoms with Crippen molar-refractivity contribution in [2.75, 3.05) is 31.9 Å². The minimum Gasteiger partial charge on any atom is -0.467 e. The highest BCUT2D eigenvalue weighted by molar-refractivity contribution is 6.01. The highest BCUT2D eigenvalue weighted by Gasteiger charge is 2.19. The van der Waals surface area contributed by atoms with Crippen LogP contribution < -0.4 is 10.1 Å². The van der Waals surface area contributed by atoms with Gasteiger partial charge in [0.1, 0.15) is 17.7 Å². The smallest absolute Gasteiger partial charge is 0.189 e. The molecule has 3 aromatic rings. The predicted octanol–water partition coefficient (Wildman–Crippen LogP) is 4.07. The van der Waals surface area contributed by atoms with Gasteiger partial charge in [-0.2, -0.15) is 0 Å². The lowest BCUT2D eigenvalue weighted by Gasteiger charge is -2.24. The number of carbonyl (C=O) groups is 1. The van der Waals surface area contributed by atoms with Crippen molar-refractivity contribution in [3.05, 3.63) is 48.0 Å². The lowest BCUT2D eigenvalue weighted by atomic mass is 10.0. The van der Waals surface area contributed by atoms with Gasteiger partial charge in [0.15, 0.2) is 12.6 Å². The van der Waals surface area contributed by atoms with Gasteiger partial charge in [0.2, 0.25) is 0 Å². The van der Waals surface area contributed by atoms with Crippen LogP contribution in [-0.4, -0.2) is 49.1 Å². The summed E-state index contributed by atoms with van der Waals surface area (Å²) in [5.74, 6) is 1.28. The van der Waals surface area contributed by atoms with Crippen LogP contribution in [0.2, 0.25) is 0 Å². The number of hydrogen-bond acceptors (Lipinski definition) is 7. The molecule has 1 aliphatic heterocycles. The van der Waals surface area contributed by atoms with E-state index < -0.39 is 0 Å². The molecule has 4 rings (SSSR count). The van der Waals surface area contributed by atoms with E-state index in [0.29, 0.717) is 30.2 Å². The van der Waals surface area contributed by atoms with E-state index in [2.05, 4.69) is 15.5 Å². The molecule has 1 fully saturated rings. The molecular weight excluding hydrogens is 382 g/mol. The van der Waals surface area contributed by atoms with Crippen molar-refractivity contribution in [1.29, 1.82) is 0 Å². The average molecular weight is 407 g/mol. The van der Waals surface area contributed by atoms with Crippen LogP contribution >= 0.6 is 0 Å². The van der Waals surface area contributed by atoms with E-state index in [0.717, 1.165) is 47.9 Å². The zero-order chi connectivity index (χ0) is 20.8. The largest absolute Gasteiger partial charge is 0.467 e. The number of aromatic nitrogens is 2. The Bertz CT molecular complexity index is 1020. The fraction of sp³-hybridized carbons (Fsp3) is 0.348. The summed E-state index contributed by atoms with van der Waals surface area (Å²) in [5.41, 5.74) is 1.98. The van der Waals surface area contributed by atoms with E-state index in [1.807, 2.05) is 37.3 Å². The van der Waals surface area contributed by atoms with Crippen molar-refractivity contribution in [2.24, 2.45) is 0 Å². The molecule has 0 radical (unpaired) electrons. The summed E-state index contributed by atoms with van der Waals surface area (Å²) in [4.78, 5) is 11.2. The SMILES string of the molecule is CCOCOc1cc(C=O)ccc1-c1nnc(NC2CCCOC2)c2ccccc12. The fourth-order valence-electron chi connectivity index (χ4n) is 3.57. The number of nitrogens with zero attached hydrogens (tertiary/aromatic N) is 2. The number of rotatable bonds is 8. The first-order valence-corrected chi connectivity index (χ1v) is 10.2. The van der Waals surface area contributed by atoms with Gasteiger partial charge < -0.3 is 19.5 Å². The number of fused-ring (bicyclic) bond motifs is 1. The van der Waals surface area contributed by atoms with Crippen LogP contribution in [0.25, 0.3) is 22.0 Å². The second-order valence-electron chi connectivity index (χ2n) is 7.13. The van der Waals surface area contributed by atoms with E-state index in [4.69, 9.17) is 14.2 Å². The highest BCUT2D eigenvalue weighted by atomic mass is 16.7. The normalized spacial score (nSPS) is 16.4. The van der Waals surface area contributed by atoms with Crippen LogP contribution in [-0.2, 0) is 9.47 Å². The first-order valence-electron chi connectivity index (χ1n) is 10.2. The summed E-state index contributed by atoms with van der Waals surface area (Å²) in [6.45, 7) is 4.01. The van der Waals surface area contributed by atoms with Crippen molar-refractivity contribution in [1.82, 2.24) is 10.2 Å². The van der Waals surface area contributed by atoms with Crippen LogP contribution in [0.15, 0.2) is 42.5 Å². The molecule has 1 unspecified atom stereocenters. The van der Waals surface area contributed by atoms with E-state index >= 15 is 0 Å². The summed E-state index contributed by atoms with van der Waals surface area (Å²) in [5, 5.41) is 14.4. The predicted molar refractivity (Wildman–Crippen MR) is 115 cm³/mol. The van der Waals surface area contributed by atoms with Gasteiger partial charge in [0.05, 0.1) is 12.6 Å². The maximum Gasteiger partial charge on any atom is 0.189 e. The Hall–Kier alpha value is -3.03. The lowest BCUT2D eigenvalue weighted by Crippen LogP contribution is -2.30. The Morgan fingerprint density at radius 3 is 2.83 bits per heavy atom. The van der Waals surface area contributed by atoms with Crippen molar-refractivity contribution in [3.8, 4) is 17.0 Å². The van der Waals surface area contributed by atoms with Crippen LogP contribution in [0.5, 0.6) is 5.75 Å². The number of benzene rings is 2. The minimum atomic E-state index is 0.0957. The van der Waals surface area contributed by atoms with Gasteiger partial charge in [-0.15, -0.1) is 10.2 Å². The third-order valence-corrected chi connectivity index (χ3v) is 5.09. The quantitative estimate of drug-likeness (QED) is 0.342. The number of aldehydes is 1. The second-order valence-corrected chi connectivity index (χ2v) is 7.13. The van der Waals surface area contributed by atoms with Gasteiger partial charge >= 0.3 is 0 Å². The molecule has 7 heteroatoms. The number of ether oxygens (including phenoxy) is 3. The first kappa shape index (κ1) is 20.3. The molecule has 1 aliphatic rings. The maximum atomic E-state index is 11.2. The molecule has 2 heterocycles. The van der Waals surface area contributed by atoms with Crippen molar-refractivity contribution >= 4 is 22.9 Å². The maximum absolute atomic E-state index is 11.2. The summed E-state index contributed by atoms with van der Waals surface area (Å²) < 4.78 is 16.7. The molecule has 0 aliphatic carbocycles. The number of hydrogen-bond donors (Lipinski definition) is 1. The average Bonchev–Trinajstić information content (AvgIpc) is 2.80. The van der Waals surface area contributed by atoms with Crippen molar-refractivity contribution < 1.29 is 19.0 Å². The summed E-state index contributed by atoms with van der Waals surface area (Å²) >= 11 is 0. The Kier molecular flexibility index (Phi) is 6.51. The number of nitrogens with one attached hydrogen (secondary N) is 1. The third kappa shape index (κ3) is 4.42. The van der Waals surface area contributed by atoms with Gasteiger partial charge in [-0.3, -0.25) is 4.79 Å². The standard InChI is InChI=1S/C23H25N3O4/c1-2-28-15-30-21-12-16(13-27)9-10-20(21)22-18-7-3-4-8-19(18)23(26-25-22)24-17-6-5-11-29-14-17/h3-4,7-10,12-13,17H,2,5-6,11,14-15H2,1H3,(H,24,26). The van der Waals surface area contributed by atoms with Crippen LogP contribution in [0.1, 0.15) is 30.1 Å². The molecule has 1 saturated heterocycles. The van der Waals surface area contributed by atoms with E-state index in [9.17, 15) is 4.79 Å². The number of carbonyl (C=O) groups excluding carboxylic acids is 1. The molecule has 0 amide bonds. The monoisotopic (exact) mass is 407 g/mol. The summed E-state index contributed by atoms with van der Waals surface area (Å²) in [6, 6.07) is 13.5. The Morgan fingerprint density at radius 1 is 1.20 bits per heavy atom. The van der Waals surface area contributed by atoms with Crippen molar-refractivity contribution in [2.45, 2.75) is 25.8 Å². The van der Waals surface area contributed by atoms with E-state index in [1.165, 1.54) is 0 Å². The second kappa shape index (κ2) is 9.65. The fourth-order valence-corrected chi connectivity index (χ4v) is 3.57. The zero-order valence-electron chi connectivity index (χ0n) is 17.0. The topological polar surface area (TPSA) is 82.6 Å². The van der Waals surface area contributed by atoms with Gasteiger partial charge in [0.25, 0.3) is 0 Å². The van der Waals surface area contributed by atoms with Crippen LogP contribution in [0.4, 0.5) is 5.82 Å². The highest BCUT2D eigenvalue weighted by Crippen LogP contribution is 2.36. The molecule has 7 nitrogen and oxygen atoms in total. The molecule has 0 saturated carbocycles. The minimum absolute atomic E-state index is 0.0957.